The number of rotatable bonds is 6. The van der Waals surface area contributed by atoms with Crippen LogP contribution in [0, 0.1) is 11.8 Å². The lowest BCUT2D eigenvalue weighted by Gasteiger charge is -2.50. The van der Waals surface area contributed by atoms with E-state index >= 15 is 0 Å². The first-order valence-electron chi connectivity index (χ1n) is 14.9. The Hall–Kier alpha value is -0.930. The number of likely N-dealkylation sites (tertiary alicyclic amines) is 2. The largest absolute Gasteiger partial charge is 0.373 e. The van der Waals surface area contributed by atoms with E-state index in [0.717, 1.165) is 51.6 Å². The number of nitrogens with one attached hydrogen (secondary N) is 1. The van der Waals surface area contributed by atoms with E-state index in [-0.39, 0.29) is 53.4 Å². The maximum Gasteiger partial charge on any atom is 0.226 e. The van der Waals surface area contributed by atoms with Crippen LogP contribution >= 0.6 is 11.6 Å². The molecule has 0 aromatic carbocycles. The molecule has 3 heterocycles. The third kappa shape index (κ3) is 5.56. The van der Waals surface area contributed by atoms with Crippen LogP contribution in [0.4, 0.5) is 0 Å². The zero-order valence-electron chi connectivity index (χ0n) is 21.9. The predicted octanol–water partition coefficient (Wildman–Crippen LogP) is 2.79. The topological polar surface area (TPSA) is 91.3 Å². The quantitative estimate of drug-likeness (QED) is 0.506. The number of carbonyl (C=O) groups is 2. The number of halogens is 1. The second-order valence-corrected chi connectivity index (χ2v) is 13.0. The molecule has 208 valence electrons. The zero-order valence-corrected chi connectivity index (χ0v) is 22.7. The first-order chi connectivity index (χ1) is 18.0. The van der Waals surface area contributed by atoms with Gasteiger partial charge >= 0.3 is 0 Å². The van der Waals surface area contributed by atoms with E-state index in [2.05, 4.69) is 10.2 Å². The molecule has 3 saturated heterocycles. The second kappa shape index (κ2) is 11.3. The van der Waals surface area contributed by atoms with E-state index in [1.54, 1.807) is 0 Å². The summed E-state index contributed by atoms with van der Waals surface area (Å²) < 4.78 is 13.2. The fourth-order valence-electron chi connectivity index (χ4n) is 8.00. The molecule has 2 amide bonds. The molecule has 7 unspecified atom stereocenters. The molecule has 3 aliphatic heterocycles. The summed E-state index contributed by atoms with van der Waals surface area (Å²) in [4.78, 5) is 29.2. The van der Waals surface area contributed by atoms with Crippen molar-refractivity contribution in [2.75, 3.05) is 19.6 Å². The Morgan fingerprint density at radius 3 is 2.32 bits per heavy atom. The summed E-state index contributed by atoms with van der Waals surface area (Å²) in [5.41, 5.74) is 0. The van der Waals surface area contributed by atoms with Gasteiger partial charge in [0.2, 0.25) is 11.8 Å². The molecule has 6 fully saturated rings. The maximum atomic E-state index is 13.2. The smallest absolute Gasteiger partial charge is 0.226 e. The number of ether oxygens (including phenoxy) is 2. The van der Waals surface area contributed by atoms with Gasteiger partial charge in [0.25, 0.3) is 0 Å². The molecule has 0 aromatic rings. The molecule has 3 saturated carbocycles. The highest BCUT2D eigenvalue weighted by atomic mass is 35.5. The maximum absolute atomic E-state index is 13.2. The molecule has 2 N–H and O–H groups in total. The second-order valence-electron chi connectivity index (χ2n) is 12.5. The van der Waals surface area contributed by atoms with Crippen molar-refractivity contribution in [2.24, 2.45) is 11.8 Å². The van der Waals surface area contributed by atoms with Gasteiger partial charge < -0.3 is 24.8 Å². The molecule has 6 aliphatic rings. The number of aliphatic hydroxyl groups excluding tert-OH is 1. The highest BCUT2D eigenvalue weighted by Crippen LogP contribution is 2.42. The highest BCUT2D eigenvalue weighted by Gasteiger charge is 2.49. The Balaban J connectivity index is 1.00. The van der Waals surface area contributed by atoms with Crippen molar-refractivity contribution in [3.05, 3.63) is 0 Å². The summed E-state index contributed by atoms with van der Waals surface area (Å²) in [5, 5.41) is 13.2. The van der Waals surface area contributed by atoms with E-state index < -0.39 is 6.23 Å². The molecule has 8 nitrogen and oxygen atoms in total. The van der Waals surface area contributed by atoms with E-state index in [9.17, 15) is 14.7 Å². The van der Waals surface area contributed by atoms with Gasteiger partial charge in [0.05, 0.1) is 35.8 Å². The molecule has 0 bridgehead atoms. The molecule has 0 aromatic heterocycles. The van der Waals surface area contributed by atoms with Gasteiger partial charge in [-0.3, -0.25) is 14.5 Å². The van der Waals surface area contributed by atoms with Gasteiger partial charge in [-0.05, 0) is 57.3 Å². The average Bonchev–Trinajstić information content (AvgIpc) is 3.18. The van der Waals surface area contributed by atoms with Gasteiger partial charge in [-0.25, -0.2) is 0 Å². The minimum absolute atomic E-state index is 0.0330. The molecule has 3 aliphatic carbocycles. The minimum Gasteiger partial charge on any atom is -0.373 e. The number of aliphatic hydroxyl groups is 1. The molecular formula is C28H44ClN3O5. The van der Waals surface area contributed by atoms with Crippen molar-refractivity contribution >= 4 is 23.4 Å². The first kappa shape index (κ1) is 26.3. The Bertz CT molecular complexity index is 841. The van der Waals surface area contributed by atoms with Crippen LogP contribution in [0.1, 0.15) is 83.5 Å². The lowest BCUT2D eigenvalue weighted by molar-refractivity contribution is -0.152. The SMILES string of the molecule is O=C1CCC(N2CC3CC(O[C@@H]4CCCC[C@@H]4N4CC(OC5CCCCC5Cl)C4)CCC3C2=O)C(O)N1. The standard InChI is InChI=1S/C28H44ClN3O5/c29-21-5-1-3-7-24(21)37-19-15-31(16-19)22-6-2-4-8-25(22)36-18-9-10-20-17(13-18)14-32(28(20)35)23-11-12-26(33)30-27(23)34/h17-25,27,34H,1-16H2,(H,30,33)/t17?,18?,20?,21?,22-,23?,24?,25+,27?/m0/s1. The van der Waals surface area contributed by atoms with Crippen LogP contribution in [0.5, 0.6) is 0 Å². The number of hydrogen-bond donors (Lipinski definition) is 2. The number of piperidine rings is 1. The summed E-state index contributed by atoms with van der Waals surface area (Å²) in [6.07, 6.45) is 13.0. The van der Waals surface area contributed by atoms with Crippen molar-refractivity contribution in [2.45, 2.75) is 132 Å². The van der Waals surface area contributed by atoms with E-state index in [4.69, 9.17) is 21.1 Å². The highest BCUT2D eigenvalue weighted by molar-refractivity contribution is 6.21. The molecular weight excluding hydrogens is 494 g/mol. The third-order valence-corrected chi connectivity index (χ3v) is 10.6. The summed E-state index contributed by atoms with van der Waals surface area (Å²) in [6.45, 7) is 2.65. The monoisotopic (exact) mass is 537 g/mol. The van der Waals surface area contributed by atoms with Crippen LogP contribution in [0.25, 0.3) is 0 Å². The molecule has 9 heteroatoms. The fourth-order valence-corrected chi connectivity index (χ4v) is 8.34. The van der Waals surface area contributed by atoms with Crippen molar-refractivity contribution in [1.29, 1.82) is 0 Å². The van der Waals surface area contributed by atoms with E-state index in [0.29, 0.717) is 31.5 Å². The summed E-state index contributed by atoms with van der Waals surface area (Å²) in [5.74, 6) is 0.327. The van der Waals surface area contributed by atoms with Crippen molar-refractivity contribution in [3.8, 4) is 0 Å². The number of fused-ring (bicyclic) bond motifs is 1. The molecule has 0 spiro atoms. The van der Waals surface area contributed by atoms with Crippen LogP contribution in [0.15, 0.2) is 0 Å². The summed E-state index contributed by atoms with van der Waals surface area (Å²) >= 11 is 6.53. The Labute approximate surface area is 225 Å². The van der Waals surface area contributed by atoms with Gasteiger partial charge in [0, 0.05) is 38.0 Å². The molecule has 37 heavy (non-hydrogen) atoms. The van der Waals surface area contributed by atoms with Crippen LogP contribution < -0.4 is 5.32 Å². The average molecular weight is 538 g/mol. The zero-order chi connectivity index (χ0) is 25.5. The molecule has 9 atom stereocenters. The number of amides is 2. The molecule has 0 radical (unpaired) electrons. The Morgan fingerprint density at radius 2 is 1.54 bits per heavy atom. The molecule has 6 rings (SSSR count). The third-order valence-electron chi connectivity index (χ3n) is 10.1. The summed E-state index contributed by atoms with van der Waals surface area (Å²) in [6, 6.07) is 0.161. The lowest BCUT2D eigenvalue weighted by Crippen LogP contribution is -2.61. The predicted molar refractivity (Wildman–Crippen MR) is 139 cm³/mol. The number of nitrogens with zero attached hydrogens (tertiary/aromatic N) is 2. The van der Waals surface area contributed by atoms with Crippen molar-refractivity contribution in [1.82, 2.24) is 15.1 Å². The van der Waals surface area contributed by atoms with E-state index in [1.165, 1.54) is 32.1 Å². The van der Waals surface area contributed by atoms with Gasteiger partial charge in [0.1, 0.15) is 6.23 Å². The first-order valence-corrected chi connectivity index (χ1v) is 15.4. The lowest BCUT2D eigenvalue weighted by atomic mass is 9.79. The van der Waals surface area contributed by atoms with E-state index in [1.807, 2.05) is 4.90 Å². The van der Waals surface area contributed by atoms with Crippen LogP contribution in [0.3, 0.4) is 0 Å². The van der Waals surface area contributed by atoms with Crippen LogP contribution in [-0.4, -0.2) is 94.5 Å². The number of hydrogen-bond acceptors (Lipinski definition) is 6. The Kier molecular flexibility index (Phi) is 8.02. The van der Waals surface area contributed by atoms with Gasteiger partial charge in [-0.15, -0.1) is 11.6 Å². The van der Waals surface area contributed by atoms with Crippen LogP contribution in [0.2, 0.25) is 0 Å². The van der Waals surface area contributed by atoms with Gasteiger partial charge in [0.15, 0.2) is 0 Å². The number of carbonyl (C=O) groups excluding carboxylic acids is 2. The normalized spacial score (nSPS) is 43.8. The van der Waals surface area contributed by atoms with Crippen molar-refractivity contribution in [3.63, 3.8) is 0 Å². The summed E-state index contributed by atoms with van der Waals surface area (Å²) in [7, 11) is 0. The van der Waals surface area contributed by atoms with Gasteiger partial charge in [-0.2, -0.15) is 0 Å². The fraction of sp³-hybridized carbons (Fsp3) is 0.929. The van der Waals surface area contributed by atoms with Crippen molar-refractivity contribution < 1.29 is 24.2 Å². The minimum atomic E-state index is -0.960. The Morgan fingerprint density at radius 1 is 0.811 bits per heavy atom. The number of alkyl halides is 1. The van der Waals surface area contributed by atoms with Crippen LogP contribution in [-0.2, 0) is 19.1 Å². The van der Waals surface area contributed by atoms with Gasteiger partial charge in [-0.1, -0.05) is 25.7 Å².